The first-order valence-electron chi connectivity index (χ1n) is 4.64. The number of carbonyl (C=O) groups is 1. The Kier molecular flexibility index (Phi) is 2.15. The van der Waals surface area contributed by atoms with Crippen LogP contribution in [0.3, 0.4) is 0 Å². The second-order valence-electron chi connectivity index (χ2n) is 3.68. The molecule has 14 heavy (non-hydrogen) atoms. The van der Waals surface area contributed by atoms with Crippen molar-refractivity contribution in [3.05, 3.63) is 12.4 Å². The molecule has 1 aromatic heterocycles. The number of aryl methyl sites for hydroxylation is 1. The van der Waals surface area contributed by atoms with Crippen molar-refractivity contribution in [2.24, 2.45) is 7.05 Å². The van der Waals surface area contributed by atoms with Gasteiger partial charge < -0.3 is 14.8 Å². The SMILES string of the molecule is CN1CC(Nc2nccn2C)CC1=O. The van der Waals surface area contributed by atoms with E-state index in [0.717, 1.165) is 12.5 Å². The van der Waals surface area contributed by atoms with Gasteiger partial charge in [-0.15, -0.1) is 0 Å². The lowest BCUT2D eigenvalue weighted by atomic mass is 10.3. The van der Waals surface area contributed by atoms with Gasteiger partial charge in [-0.3, -0.25) is 4.79 Å². The third kappa shape index (κ3) is 1.57. The highest BCUT2D eigenvalue weighted by atomic mass is 16.2. The minimum atomic E-state index is 0.189. The molecule has 1 N–H and O–H groups in total. The second kappa shape index (κ2) is 3.32. The van der Waals surface area contributed by atoms with E-state index in [9.17, 15) is 4.79 Å². The van der Waals surface area contributed by atoms with Gasteiger partial charge in [0.05, 0.1) is 6.04 Å². The lowest BCUT2D eigenvalue weighted by molar-refractivity contribution is -0.126. The van der Waals surface area contributed by atoms with Crippen molar-refractivity contribution in [1.82, 2.24) is 14.5 Å². The fraction of sp³-hybridized carbons (Fsp3) is 0.556. The number of nitrogens with zero attached hydrogens (tertiary/aromatic N) is 3. The molecule has 1 aromatic rings. The summed E-state index contributed by atoms with van der Waals surface area (Å²) in [4.78, 5) is 17.1. The smallest absolute Gasteiger partial charge is 0.224 e. The van der Waals surface area contributed by atoms with Gasteiger partial charge in [-0.1, -0.05) is 0 Å². The molecule has 0 aliphatic carbocycles. The molecule has 1 aliphatic heterocycles. The van der Waals surface area contributed by atoms with Crippen LogP contribution in [0, 0.1) is 0 Å². The molecule has 2 heterocycles. The van der Waals surface area contributed by atoms with Crippen LogP contribution in [0.1, 0.15) is 6.42 Å². The Morgan fingerprint density at radius 3 is 2.86 bits per heavy atom. The molecular formula is C9H14N4O. The van der Waals surface area contributed by atoms with Crippen molar-refractivity contribution in [3.63, 3.8) is 0 Å². The van der Waals surface area contributed by atoms with Crippen molar-refractivity contribution in [1.29, 1.82) is 0 Å². The van der Waals surface area contributed by atoms with E-state index in [4.69, 9.17) is 0 Å². The number of rotatable bonds is 2. The Hall–Kier alpha value is -1.52. The van der Waals surface area contributed by atoms with Crippen molar-refractivity contribution >= 4 is 11.9 Å². The van der Waals surface area contributed by atoms with Gasteiger partial charge in [0, 0.05) is 39.5 Å². The molecule has 0 bridgehead atoms. The Balaban J connectivity index is 2.00. The lowest BCUT2D eigenvalue weighted by Gasteiger charge is -2.12. The zero-order valence-electron chi connectivity index (χ0n) is 8.40. The number of hydrogen-bond acceptors (Lipinski definition) is 3. The topological polar surface area (TPSA) is 50.2 Å². The van der Waals surface area contributed by atoms with Gasteiger partial charge in [0.1, 0.15) is 0 Å². The highest BCUT2D eigenvalue weighted by molar-refractivity contribution is 5.79. The first kappa shape index (κ1) is 9.05. The molecule has 0 saturated carbocycles. The standard InChI is InChI=1S/C9H14N4O/c1-12-4-3-10-9(12)11-7-5-8(14)13(2)6-7/h3-4,7H,5-6H2,1-2H3,(H,10,11). The summed E-state index contributed by atoms with van der Waals surface area (Å²) in [5.41, 5.74) is 0. The number of nitrogens with one attached hydrogen (secondary N) is 1. The minimum Gasteiger partial charge on any atom is -0.351 e. The molecule has 1 atom stereocenters. The average molecular weight is 194 g/mol. The Morgan fingerprint density at radius 2 is 2.36 bits per heavy atom. The first-order chi connectivity index (χ1) is 6.66. The number of anilines is 1. The van der Waals surface area contributed by atoms with E-state index in [-0.39, 0.29) is 11.9 Å². The third-order valence-electron chi connectivity index (χ3n) is 2.50. The molecule has 76 valence electrons. The fourth-order valence-electron chi connectivity index (χ4n) is 1.65. The van der Waals surface area contributed by atoms with Gasteiger partial charge >= 0.3 is 0 Å². The van der Waals surface area contributed by atoms with Crippen LogP contribution < -0.4 is 5.32 Å². The summed E-state index contributed by atoms with van der Waals surface area (Å²) in [5.74, 6) is 1.01. The van der Waals surface area contributed by atoms with E-state index < -0.39 is 0 Å². The second-order valence-corrected chi connectivity index (χ2v) is 3.68. The van der Waals surface area contributed by atoms with E-state index in [1.165, 1.54) is 0 Å². The Bertz CT molecular complexity index is 346. The summed E-state index contributed by atoms with van der Waals surface area (Å²) in [5, 5.41) is 3.24. The van der Waals surface area contributed by atoms with Gasteiger partial charge in [-0.05, 0) is 0 Å². The fourth-order valence-corrected chi connectivity index (χ4v) is 1.65. The number of amides is 1. The van der Waals surface area contributed by atoms with Crippen LogP contribution in [0.5, 0.6) is 0 Å². The predicted octanol–water partition coefficient (Wildman–Crippen LogP) is 0.0627. The molecule has 1 aliphatic rings. The molecule has 5 heteroatoms. The number of hydrogen-bond donors (Lipinski definition) is 1. The first-order valence-corrected chi connectivity index (χ1v) is 4.64. The number of aromatic nitrogens is 2. The van der Waals surface area contributed by atoms with Gasteiger partial charge in [0.2, 0.25) is 11.9 Å². The van der Waals surface area contributed by atoms with Crippen LogP contribution in [0.2, 0.25) is 0 Å². The normalized spacial score (nSPS) is 21.7. The lowest BCUT2D eigenvalue weighted by Crippen LogP contribution is -2.25. The molecule has 0 spiro atoms. The summed E-state index contributed by atoms with van der Waals surface area (Å²) < 4.78 is 1.91. The van der Waals surface area contributed by atoms with Crippen molar-refractivity contribution in [2.45, 2.75) is 12.5 Å². The maximum atomic E-state index is 11.3. The monoisotopic (exact) mass is 194 g/mol. The summed E-state index contributed by atoms with van der Waals surface area (Å²) in [6.45, 7) is 0.756. The van der Waals surface area contributed by atoms with E-state index in [1.807, 2.05) is 24.9 Å². The molecule has 1 unspecified atom stereocenters. The van der Waals surface area contributed by atoms with E-state index in [2.05, 4.69) is 10.3 Å². The number of likely N-dealkylation sites (tertiary alicyclic amines) is 1. The van der Waals surface area contributed by atoms with Crippen molar-refractivity contribution in [2.75, 3.05) is 18.9 Å². The average Bonchev–Trinajstić information content (AvgIpc) is 2.63. The predicted molar refractivity (Wildman–Crippen MR) is 52.9 cm³/mol. The molecular weight excluding hydrogens is 180 g/mol. The Morgan fingerprint density at radius 1 is 1.57 bits per heavy atom. The van der Waals surface area contributed by atoms with E-state index in [1.54, 1.807) is 11.1 Å². The highest BCUT2D eigenvalue weighted by Gasteiger charge is 2.27. The van der Waals surface area contributed by atoms with Gasteiger partial charge in [-0.2, -0.15) is 0 Å². The van der Waals surface area contributed by atoms with E-state index in [0.29, 0.717) is 6.42 Å². The van der Waals surface area contributed by atoms with Crippen LogP contribution in [-0.2, 0) is 11.8 Å². The maximum absolute atomic E-state index is 11.3. The molecule has 1 fully saturated rings. The maximum Gasteiger partial charge on any atom is 0.224 e. The summed E-state index contributed by atoms with van der Waals surface area (Å²) in [6, 6.07) is 0.189. The third-order valence-corrected chi connectivity index (χ3v) is 2.50. The van der Waals surface area contributed by atoms with Crippen LogP contribution >= 0.6 is 0 Å². The molecule has 5 nitrogen and oxygen atoms in total. The molecule has 0 aromatic carbocycles. The molecule has 2 rings (SSSR count). The molecule has 0 radical (unpaired) electrons. The summed E-state index contributed by atoms with van der Waals surface area (Å²) >= 11 is 0. The number of carbonyl (C=O) groups excluding carboxylic acids is 1. The number of imidazole rings is 1. The Labute approximate surface area is 82.7 Å². The zero-order valence-corrected chi connectivity index (χ0v) is 8.40. The number of likely N-dealkylation sites (N-methyl/N-ethyl adjacent to an activating group) is 1. The van der Waals surface area contributed by atoms with Crippen molar-refractivity contribution < 1.29 is 4.79 Å². The van der Waals surface area contributed by atoms with Gasteiger partial charge in [-0.25, -0.2) is 4.98 Å². The van der Waals surface area contributed by atoms with E-state index >= 15 is 0 Å². The molecule has 1 saturated heterocycles. The highest BCUT2D eigenvalue weighted by Crippen LogP contribution is 2.13. The molecule has 1 amide bonds. The van der Waals surface area contributed by atoms with Crippen LogP contribution in [-0.4, -0.2) is 40.0 Å². The van der Waals surface area contributed by atoms with Crippen molar-refractivity contribution in [3.8, 4) is 0 Å². The van der Waals surface area contributed by atoms with Crippen LogP contribution in [0.15, 0.2) is 12.4 Å². The summed E-state index contributed by atoms with van der Waals surface area (Å²) in [6.07, 6.45) is 4.18. The zero-order chi connectivity index (χ0) is 10.1. The van der Waals surface area contributed by atoms with Gasteiger partial charge in [0.25, 0.3) is 0 Å². The largest absolute Gasteiger partial charge is 0.351 e. The summed E-state index contributed by atoms with van der Waals surface area (Å²) in [7, 11) is 3.75. The quantitative estimate of drug-likeness (QED) is 0.724. The van der Waals surface area contributed by atoms with Gasteiger partial charge in [0.15, 0.2) is 0 Å². The minimum absolute atomic E-state index is 0.189. The van der Waals surface area contributed by atoms with Crippen LogP contribution in [0.25, 0.3) is 0 Å². The van der Waals surface area contributed by atoms with Crippen LogP contribution in [0.4, 0.5) is 5.95 Å².